The Kier molecular flexibility index (Phi) is 8.62. The third-order valence-electron chi connectivity index (χ3n) is 7.88. The highest BCUT2D eigenvalue weighted by molar-refractivity contribution is 7.12. The van der Waals surface area contributed by atoms with E-state index in [-0.39, 0.29) is 23.1 Å². The zero-order valence-corrected chi connectivity index (χ0v) is 23.9. The van der Waals surface area contributed by atoms with Crippen LogP contribution < -0.4 is 21.7 Å². The van der Waals surface area contributed by atoms with E-state index >= 15 is 0 Å². The molecule has 1 N–H and O–H groups in total. The molecule has 1 aromatic carbocycles. The number of hydrogen-bond donors (Lipinski definition) is 1. The van der Waals surface area contributed by atoms with Crippen LogP contribution in [0.4, 0.5) is 0 Å². The fourth-order valence-corrected chi connectivity index (χ4v) is 7.78. The lowest BCUT2D eigenvalue weighted by Crippen LogP contribution is -3.00. The highest BCUT2D eigenvalue weighted by Gasteiger charge is 2.57. The van der Waals surface area contributed by atoms with Crippen molar-refractivity contribution < 1.29 is 40.8 Å². The maximum absolute atomic E-state index is 13.6. The van der Waals surface area contributed by atoms with Crippen molar-refractivity contribution in [1.82, 2.24) is 0 Å². The first-order chi connectivity index (χ1) is 16.9. The topological polar surface area (TPSA) is 55.8 Å². The molecule has 2 aliphatic rings. The van der Waals surface area contributed by atoms with Gasteiger partial charge in [-0.25, -0.2) is 4.79 Å². The fraction of sp³-hybridized carbons (Fsp3) is 0.464. The first-order valence-corrected chi connectivity index (χ1v) is 14.2. The Morgan fingerprint density at radius 1 is 1.03 bits per heavy atom. The van der Waals surface area contributed by atoms with E-state index in [2.05, 4.69) is 14.1 Å². The van der Waals surface area contributed by atoms with Gasteiger partial charge in [0.15, 0.2) is 0 Å². The van der Waals surface area contributed by atoms with Gasteiger partial charge in [0.2, 0.25) is 5.60 Å². The minimum absolute atomic E-state index is 0. The lowest BCUT2D eigenvalue weighted by Gasteiger charge is -2.40. The van der Waals surface area contributed by atoms with Gasteiger partial charge in [0.05, 0.1) is 43.0 Å². The van der Waals surface area contributed by atoms with Crippen LogP contribution in [-0.4, -0.2) is 55.0 Å². The minimum atomic E-state index is -1.74. The van der Waals surface area contributed by atoms with Crippen molar-refractivity contribution in [3.8, 4) is 5.75 Å². The summed E-state index contributed by atoms with van der Waals surface area (Å²) in [5, 5.41) is 15.4. The summed E-state index contributed by atoms with van der Waals surface area (Å²) in [5.74, 6) is 1.06. The third-order valence-corrected chi connectivity index (χ3v) is 9.84. The molecular weight excluding hydrogens is 558 g/mol. The number of carbonyl (C=O) groups is 1. The normalized spacial score (nSPS) is 23.3. The van der Waals surface area contributed by atoms with Crippen molar-refractivity contribution in [3.63, 3.8) is 0 Å². The predicted octanol–water partition coefficient (Wildman–Crippen LogP) is 2.31. The van der Waals surface area contributed by atoms with Crippen LogP contribution >= 0.6 is 22.7 Å². The molecule has 3 aromatic rings. The summed E-state index contributed by atoms with van der Waals surface area (Å²) >= 11 is 2.77. The molecular formula is C28H34BrNO4S2. The summed E-state index contributed by atoms with van der Waals surface area (Å²) in [6.07, 6.45) is 4.07. The zero-order chi connectivity index (χ0) is 24.5. The molecule has 0 saturated heterocycles. The number of thiophene rings is 2. The van der Waals surface area contributed by atoms with E-state index in [1.165, 1.54) is 22.7 Å². The molecule has 4 unspecified atom stereocenters. The van der Waals surface area contributed by atoms with Crippen LogP contribution in [0.5, 0.6) is 5.75 Å². The van der Waals surface area contributed by atoms with Crippen molar-refractivity contribution in [2.75, 3.05) is 27.2 Å². The molecule has 2 saturated carbocycles. The number of ether oxygens (including phenoxy) is 2. The fourth-order valence-electron chi connectivity index (χ4n) is 6.07. The molecule has 0 spiro atoms. The third kappa shape index (κ3) is 5.29. The Morgan fingerprint density at radius 2 is 1.69 bits per heavy atom. The van der Waals surface area contributed by atoms with Gasteiger partial charge in [-0.3, -0.25) is 0 Å². The van der Waals surface area contributed by atoms with Crippen LogP contribution in [0.3, 0.4) is 0 Å². The van der Waals surface area contributed by atoms with Gasteiger partial charge in [-0.05, 0) is 47.9 Å². The van der Waals surface area contributed by atoms with Crippen molar-refractivity contribution in [1.29, 1.82) is 0 Å². The second-order valence-electron chi connectivity index (χ2n) is 10.4. The van der Waals surface area contributed by atoms with E-state index in [0.29, 0.717) is 34.2 Å². The number of carbonyl (C=O) groups excluding carboxylic acids is 1. The second kappa shape index (κ2) is 11.4. The number of halogens is 1. The number of quaternary nitrogens is 1. The highest BCUT2D eigenvalue weighted by Crippen LogP contribution is 2.50. The first kappa shape index (κ1) is 27.3. The summed E-state index contributed by atoms with van der Waals surface area (Å²) in [6.45, 7) is 1.70. The van der Waals surface area contributed by atoms with Gasteiger partial charge in [-0.15, -0.1) is 22.7 Å². The number of benzene rings is 1. The molecule has 36 heavy (non-hydrogen) atoms. The smallest absolute Gasteiger partial charge is 0.349 e. The molecule has 2 bridgehead atoms. The molecule has 194 valence electrons. The van der Waals surface area contributed by atoms with E-state index in [1.807, 2.05) is 65.4 Å². The van der Waals surface area contributed by atoms with E-state index < -0.39 is 11.6 Å². The van der Waals surface area contributed by atoms with Gasteiger partial charge in [0.25, 0.3) is 0 Å². The predicted molar refractivity (Wildman–Crippen MR) is 140 cm³/mol. The van der Waals surface area contributed by atoms with Crippen LogP contribution in [0.15, 0.2) is 65.4 Å². The van der Waals surface area contributed by atoms with E-state index in [4.69, 9.17) is 9.47 Å². The SMILES string of the molecule is C[N+](C)(CCCOc1ccccc1)C1CC2CCC1C2OC(=O)C(O)(c1cccs1)c1cccs1.[Br-]. The Labute approximate surface area is 232 Å². The van der Waals surface area contributed by atoms with Crippen LogP contribution in [0, 0.1) is 11.8 Å². The average molecular weight is 593 g/mol. The molecule has 0 aliphatic heterocycles. The van der Waals surface area contributed by atoms with Gasteiger partial charge in [0.1, 0.15) is 11.9 Å². The van der Waals surface area contributed by atoms with E-state index in [1.54, 1.807) is 0 Å². The molecule has 2 aromatic heterocycles. The van der Waals surface area contributed by atoms with Crippen molar-refractivity contribution in [2.45, 2.75) is 43.4 Å². The van der Waals surface area contributed by atoms with Crippen LogP contribution in [0.2, 0.25) is 0 Å². The molecule has 5 rings (SSSR count). The summed E-state index contributed by atoms with van der Waals surface area (Å²) in [5.41, 5.74) is -1.74. The Balaban J connectivity index is 0.00000304. The number of aliphatic hydroxyl groups is 1. The Morgan fingerprint density at radius 3 is 2.31 bits per heavy atom. The van der Waals surface area contributed by atoms with Gasteiger partial charge in [-0.2, -0.15) is 0 Å². The van der Waals surface area contributed by atoms with Crippen molar-refractivity contribution in [3.05, 3.63) is 75.1 Å². The Hall–Kier alpha value is -1.71. The van der Waals surface area contributed by atoms with Crippen LogP contribution in [0.25, 0.3) is 0 Å². The van der Waals surface area contributed by atoms with Crippen LogP contribution in [-0.2, 0) is 15.1 Å². The molecule has 8 heteroatoms. The molecule has 2 fully saturated rings. The summed E-state index contributed by atoms with van der Waals surface area (Å²) < 4.78 is 13.0. The lowest BCUT2D eigenvalue weighted by atomic mass is 9.92. The van der Waals surface area contributed by atoms with Crippen molar-refractivity contribution in [2.24, 2.45) is 11.8 Å². The van der Waals surface area contributed by atoms with E-state index in [9.17, 15) is 9.90 Å². The number of nitrogens with zero attached hydrogens (tertiary/aromatic N) is 1. The lowest BCUT2D eigenvalue weighted by molar-refractivity contribution is -0.918. The van der Waals surface area contributed by atoms with Gasteiger partial charge < -0.3 is 36.0 Å². The first-order valence-electron chi connectivity index (χ1n) is 12.4. The maximum Gasteiger partial charge on any atom is 0.349 e. The standard InChI is InChI=1S/C28H34NO4S2.BrH/c1-29(2,15-8-16-32-21-9-4-3-5-10-21)23-19-20-13-14-22(23)26(20)33-27(30)28(31,24-11-6-17-34-24)25-12-7-18-35-25;/h3-7,9-12,17-18,20,22-23,26,31H,8,13-16,19H2,1-2H3;1H/q+1;/p-1. The molecule has 0 amide bonds. The molecule has 4 atom stereocenters. The maximum atomic E-state index is 13.6. The number of rotatable bonds is 10. The van der Waals surface area contributed by atoms with Crippen LogP contribution in [0.1, 0.15) is 35.4 Å². The molecule has 5 nitrogen and oxygen atoms in total. The zero-order valence-electron chi connectivity index (χ0n) is 20.7. The number of hydrogen-bond acceptors (Lipinski definition) is 6. The monoisotopic (exact) mass is 591 g/mol. The molecule has 2 aliphatic carbocycles. The quantitative estimate of drug-likeness (QED) is 0.223. The van der Waals surface area contributed by atoms with E-state index in [0.717, 1.165) is 42.5 Å². The van der Waals surface area contributed by atoms with Crippen molar-refractivity contribution >= 4 is 28.6 Å². The summed E-state index contributed by atoms with van der Waals surface area (Å²) in [6, 6.07) is 17.8. The number of para-hydroxylation sites is 1. The average Bonchev–Trinajstić information content (AvgIpc) is 3.68. The second-order valence-corrected chi connectivity index (χ2v) is 12.3. The Bertz CT molecular complexity index is 1070. The summed E-state index contributed by atoms with van der Waals surface area (Å²) in [7, 11) is 4.58. The highest BCUT2D eigenvalue weighted by atomic mass is 79.9. The molecule has 2 heterocycles. The number of esters is 1. The van der Waals surface area contributed by atoms with Gasteiger partial charge in [0, 0.05) is 24.7 Å². The minimum Gasteiger partial charge on any atom is -1.00 e. The number of fused-ring (bicyclic) bond motifs is 2. The van der Waals surface area contributed by atoms with Gasteiger partial charge >= 0.3 is 5.97 Å². The summed E-state index contributed by atoms with van der Waals surface area (Å²) in [4.78, 5) is 14.8. The molecule has 0 radical (unpaired) electrons. The van der Waals surface area contributed by atoms with Gasteiger partial charge in [-0.1, -0.05) is 30.3 Å². The largest absolute Gasteiger partial charge is 1.00 e.